The summed E-state index contributed by atoms with van der Waals surface area (Å²) in [6, 6.07) is 9.16. The smallest absolute Gasteiger partial charge is 0.258 e. The number of aryl methyl sites for hydroxylation is 1. The van der Waals surface area contributed by atoms with Gasteiger partial charge < -0.3 is 9.84 Å². The van der Waals surface area contributed by atoms with E-state index in [1.807, 2.05) is 13.0 Å². The highest BCUT2D eigenvalue weighted by atomic mass is 35.5. The lowest BCUT2D eigenvalue weighted by Gasteiger charge is -2.09. The number of carbonyl (C=O) groups excluding carboxylic acids is 1. The van der Waals surface area contributed by atoms with Gasteiger partial charge in [-0.15, -0.1) is 0 Å². The Morgan fingerprint density at radius 2 is 2.20 bits per heavy atom. The predicted octanol–water partition coefficient (Wildman–Crippen LogP) is 4.72. The fourth-order valence-corrected chi connectivity index (χ4v) is 3.12. The Morgan fingerprint density at radius 3 is 2.92 bits per heavy atom. The van der Waals surface area contributed by atoms with Gasteiger partial charge in [0, 0.05) is 23.0 Å². The van der Waals surface area contributed by atoms with Gasteiger partial charge in [0.15, 0.2) is 0 Å². The van der Waals surface area contributed by atoms with E-state index in [-0.39, 0.29) is 10.7 Å². The third-order valence-electron chi connectivity index (χ3n) is 3.23. The molecule has 1 N–H and O–H groups in total. The van der Waals surface area contributed by atoms with Gasteiger partial charge in [0.25, 0.3) is 5.91 Å². The largest absolute Gasteiger partial charge is 0.361 e. The topological polar surface area (TPSA) is 68.0 Å². The highest BCUT2D eigenvalue weighted by Crippen LogP contribution is 2.26. The van der Waals surface area contributed by atoms with Crippen LogP contribution in [0.2, 0.25) is 5.02 Å². The van der Waals surface area contributed by atoms with Crippen molar-refractivity contribution in [3.05, 3.63) is 70.5 Å². The number of thioether (sulfide) groups is 1. The van der Waals surface area contributed by atoms with Crippen LogP contribution in [0.4, 0.5) is 10.1 Å². The van der Waals surface area contributed by atoms with Crippen LogP contribution in [0.1, 0.15) is 21.8 Å². The number of nitrogens with zero attached hydrogens (tertiary/aromatic N) is 2. The molecule has 128 valence electrons. The van der Waals surface area contributed by atoms with Crippen molar-refractivity contribution in [3.8, 4) is 0 Å². The minimum atomic E-state index is -0.600. The quantitative estimate of drug-likeness (QED) is 0.652. The lowest BCUT2D eigenvalue weighted by atomic mass is 10.2. The van der Waals surface area contributed by atoms with Crippen LogP contribution in [0.25, 0.3) is 0 Å². The van der Waals surface area contributed by atoms with Crippen LogP contribution in [0.5, 0.6) is 0 Å². The molecule has 0 spiro atoms. The maximum Gasteiger partial charge on any atom is 0.258 e. The van der Waals surface area contributed by atoms with Crippen molar-refractivity contribution in [1.82, 2.24) is 10.1 Å². The van der Waals surface area contributed by atoms with E-state index in [1.54, 1.807) is 18.3 Å². The molecular formula is C17H13ClFN3O2S. The fourth-order valence-electron chi connectivity index (χ4n) is 2.09. The Kier molecular flexibility index (Phi) is 5.35. The summed E-state index contributed by atoms with van der Waals surface area (Å²) in [5, 5.41) is 7.23. The summed E-state index contributed by atoms with van der Waals surface area (Å²) in [4.78, 5) is 16.7. The minimum Gasteiger partial charge on any atom is -0.361 e. The first-order chi connectivity index (χ1) is 12.0. The van der Waals surface area contributed by atoms with Crippen molar-refractivity contribution in [1.29, 1.82) is 0 Å². The maximum absolute atomic E-state index is 13.9. The van der Waals surface area contributed by atoms with Crippen LogP contribution in [0, 0.1) is 12.7 Å². The zero-order valence-electron chi connectivity index (χ0n) is 13.1. The summed E-state index contributed by atoms with van der Waals surface area (Å²) in [6.07, 6.45) is 1.59. The first-order valence-electron chi connectivity index (χ1n) is 7.29. The van der Waals surface area contributed by atoms with Crippen molar-refractivity contribution in [3.63, 3.8) is 0 Å². The molecule has 5 nitrogen and oxygen atoms in total. The Morgan fingerprint density at radius 1 is 1.36 bits per heavy atom. The fraction of sp³-hybridized carbons (Fsp3) is 0.118. The average Bonchev–Trinajstić information content (AvgIpc) is 3.01. The van der Waals surface area contributed by atoms with Gasteiger partial charge in [-0.1, -0.05) is 28.5 Å². The van der Waals surface area contributed by atoms with Crippen LogP contribution in [0.3, 0.4) is 0 Å². The number of nitrogens with one attached hydrogen (secondary N) is 1. The van der Waals surface area contributed by atoms with Gasteiger partial charge >= 0.3 is 0 Å². The van der Waals surface area contributed by atoms with Crippen LogP contribution in [-0.2, 0) is 5.75 Å². The van der Waals surface area contributed by atoms with E-state index in [4.69, 9.17) is 16.1 Å². The predicted molar refractivity (Wildman–Crippen MR) is 94.4 cm³/mol. The van der Waals surface area contributed by atoms with Crippen molar-refractivity contribution in [2.45, 2.75) is 17.7 Å². The molecule has 0 atom stereocenters. The van der Waals surface area contributed by atoms with E-state index in [9.17, 15) is 9.18 Å². The van der Waals surface area contributed by atoms with Crippen molar-refractivity contribution in [2.24, 2.45) is 0 Å². The summed E-state index contributed by atoms with van der Waals surface area (Å²) >= 11 is 7.07. The second kappa shape index (κ2) is 7.67. The van der Waals surface area contributed by atoms with E-state index in [0.717, 1.165) is 11.8 Å². The molecule has 8 heteroatoms. The second-order valence-corrected chi connectivity index (χ2v) is 6.55. The first kappa shape index (κ1) is 17.4. The molecule has 0 aliphatic heterocycles. The molecule has 2 heterocycles. The molecule has 0 bridgehead atoms. The van der Waals surface area contributed by atoms with Crippen molar-refractivity contribution in [2.75, 3.05) is 5.32 Å². The SMILES string of the molecule is Cc1cc(CSc2ncccc2C(=O)Nc2ccc(Cl)cc2F)no1. The Bertz CT molecular complexity index is 916. The number of benzene rings is 1. The molecule has 0 radical (unpaired) electrons. The zero-order valence-corrected chi connectivity index (χ0v) is 14.7. The van der Waals surface area contributed by atoms with Gasteiger partial charge in [0.1, 0.15) is 16.6 Å². The summed E-state index contributed by atoms with van der Waals surface area (Å²) < 4.78 is 18.9. The third kappa shape index (κ3) is 4.37. The summed E-state index contributed by atoms with van der Waals surface area (Å²) in [7, 11) is 0. The van der Waals surface area contributed by atoms with Crippen molar-refractivity contribution < 1.29 is 13.7 Å². The highest BCUT2D eigenvalue weighted by Gasteiger charge is 2.15. The first-order valence-corrected chi connectivity index (χ1v) is 8.65. The number of carbonyl (C=O) groups is 1. The summed E-state index contributed by atoms with van der Waals surface area (Å²) in [5.41, 5.74) is 1.16. The number of hydrogen-bond acceptors (Lipinski definition) is 5. The van der Waals surface area contributed by atoms with E-state index >= 15 is 0 Å². The molecule has 0 aliphatic carbocycles. The summed E-state index contributed by atoms with van der Waals surface area (Å²) in [5.74, 6) is 0.169. The maximum atomic E-state index is 13.9. The van der Waals surface area contributed by atoms with Gasteiger partial charge in [-0.25, -0.2) is 9.37 Å². The Labute approximate surface area is 152 Å². The van der Waals surface area contributed by atoms with Crippen LogP contribution in [-0.4, -0.2) is 16.0 Å². The van der Waals surface area contributed by atoms with Gasteiger partial charge in [0.2, 0.25) is 0 Å². The monoisotopic (exact) mass is 377 g/mol. The van der Waals surface area contributed by atoms with Crippen LogP contribution >= 0.6 is 23.4 Å². The van der Waals surface area contributed by atoms with Crippen LogP contribution in [0.15, 0.2) is 52.1 Å². The number of anilines is 1. The molecule has 0 saturated heterocycles. The van der Waals surface area contributed by atoms with E-state index < -0.39 is 11.7 Å². The standard InChI is InChI=1S/C17H13ClFN3O2S/c1-10-7-12(22-24-10)9-25-17-13(3-2-6-20-17)16(23)21-15-5-4-11(18)8-14(15)19/h2-8H,9H2,1H3,(H,21,23). The Balaban J connectivity index is 1.76. The molecule has 3 rings (SSSR count). The number of aromatic nitrogens is 2. The van der Waals surface area contributed by atoms with Gasteiger partial charge in [-0.05, 0) is 37.3 Å². The molecule has 25 heavy (non-hydrogen) atoms. The van der Waals surface area contributed by atoms with Crippen LogP contribution < -0.4 is 5.32 Å². The molecule has 1 amide bonds. The number of amides is 1. The number of pyridine rings is 1. The minimum absolute atomic E-state index is 0.0568. The Hall–Kier alpha value is -2.38. The molecule has 0 saturated carbocycles. The van der Waals surface area contributed by atoms with E-state index in [0.29, 0.717) is 22.1 Å². The average molecular weight is 378 g/mol. The second-order valence-electron chi connectivity index (χ2n) is 5.15. The normalized spacial score (nSPS) is 10.7. The van der Waals surface area contributed by atoms with E-state index in [1.165, 1.54) is 23.9 Å². The van der Waals surface area contributed by atoms with Gasteiger partial charge in [-0.2, -0.15) is 0 Å². The van der Waals surface area contributed by atoms with Gasteiger partial charge in [0.05, 0.1) is 16.9 Å². The lowest BCUT2D eigenvalue weighted by Crippen LogP contribution is -2.14. The molecule has 0 unspecified atom stereocenters. The molecule has 1 aromatic carbocycles. The molecule has 0 fully saturated rings. The molecular weight excluding hydrogens is 365 g/mol. The number of rotatable bonds is 5. The lowest BCUT2D eigenvalue weighted by molar-refractivity contribution is 0.102. The zero-order chi connectivity index (χ0) is 17.8. The third-order valence-corrected chi connectivity index (χ3v) is 4.50. The summed E-state index contributed by atoms with van der Waals surface area (Å²) in [6.45, 7) is 1.81. The highest BCUT2D eigenvalue weighted by molar-refractivity contribution is 7.98. The number of halogens is 2. The molecule has 3 aromatic rings. The van der Waals surface area contributed by atoms with E-state index in [2.05, 4.69) is 15.5 Å². The van der Waals surface area contributed by atoms with Gasteiger partial charge in [-0.3, -0.25) is 4.79 Å². The molecule has 2 aromatic heterocycles. The van der Waals surface area contributed by atoms with Crippen molar-refractivity contribution >= 4 is 35.0 Å². The number of hydrogen-bond donors (Lipinski definition) is 1. The molecule has 0 aliphatic rings.